The lowest BCUT2D eigenvalue weighted by molar-refractivity contribution is 0.164. The van der Waals surface area contributed by atoms with Gasteiger partial charge in [-0.3, -0.25) is 4.57 Å². The molecule has 1 aromatic heterocycles. The summed E-state index contributed by atoms with van der Waals surface area (Å²) in [6, 6.07) is 16.3. The second-order valence-corrected chi connectivity index (χ2v) is 5.38. The topological polar surface area (TPSA) is 36.2 Å². The molecular weight excluding hydrogens is 264 g/mol. The summed E-state index contributed by atoms with van der Waals surface area (Å²) in [7, 11) is 1.53. The molecule has 1 aliphatic rings. The number of benzene rings is 2. The first kappa shape index (κ1) is 12.3. The fourth-order valence-corrected chi connectivity index (χ4v) is 3.40. The Morgan fingerprint density at radius 3 is 2.67 bits per heavy atom. The Labute approximate surface area is 122 Å². The maximum atomic E-state index is 12.7. The number of para-hydroxylation sites is 1. The highest BCUT2D eigenvalue weighted by Gasteiger charge is 2.27. The van der Waals surface area contributed by atoms with E-state index in [2.05, 4.69) is 18.2 Å². The van der Waals surface area contributed by atoms with Crippen LogP contribution < -0.4 is 10.5 Å². The minimum Gasteiger partial charge on any atom is -0.412 e. The predicted molar refractivity (Wildman–Crippen MR) is 81.6 cm³/mol. The summed E-state index contributed by atoms with van der Waals surface area (Å²) in [5.74, 6) is 0. The monoisotopic (exact) mass is 280 g/mol. The average Bonchev–Trinajstić information content (AvgIpc) is 2.83. The Balaban J connectivity index is 2.06. The molecule has 0 saturated carbocycles. The number of hydrogen-bond donors (Lipinski definition) is 0. The minimum absolute atomic E-state index is 0.0764. The molecule has 2 aromatic carbocycles. The third-order valence-electron chi connectivity index (χ3n) is 4.30. The molecule has 3 aromatic rings. The predicted octanol–water partition coefficient (Wildman–Crippen LogP) is 2.40. The van der Waals surface area contributed by atoms with Gasteiger partial charge in [0.1, 0.15) is 12.6 Å². The van der Waals surface area contributed by atoms with Gasteiger partial charge in [-0.2, -0.15) is 0 Å². The van der Waals surface area contributed by atoms with Gasteiger partial charge in [0.2, 0.25) is 0 Å². The zero-order valence-corrected chi connectivity index (χ0v) is 11.8. The van der Waals surface area contributed by atoms with Crippen molar-refractivity contribution in [1.82, 2.24) is 9.30 Å². The van der Waals surface area contributed by atoms with Crippen molar-refractivity contribution >= 4 is 11.0 Å². The number of hydrogen-bond acceptors (Lipinski definition) is 2. The Hall–Kier alpha value is -2.49. The van der Waals surface area contributed by atoms with E-state index >= 15 is 0 Å². The molecule has 106 valence electrons. The molecule has 0 N–H and O–H groups in total. The lowest BCUT2D eigenvalue weighted by atomic mass is 9.94. The lowest BCUT2D eigenvalue weighted by Crippen LogP contribution is -2.31. The van der Waals surface area contributed by atoms with Crippen LogP contribution in [0.5, 0.6) is 0 Å². The van der Waals surface area contributed by atoms with Gasteiger partial charge in [0, 0.05) is 0 Å². The van der Waals surface area contributed by atoms with Crippen LogP contribution in [-0.4, -0.2) is 16.4 Å². The van der Waals surface area contributed by atoms with Crippen LogP contribution in [0.15, 0.2) is 53.3 Å². The van der Waals surface area contributed by atoms with Crippen LogP contribution in [0.2, 0.25) is 0 Å². The summed E-state index contributed by atoms with van der Waals surface area (Å²) in [6.45, 7) is 0. The van der Waals surface area contributed by atoms with E-state index in [-0.39, 0.29) is 11.7 Å². The van der Waals surface area contributed by atoms with Crippen molar-refractivity contribution in [3.05, 3.63) is 70.1 Å². The molecule has 0 fully saturated rings. The second-order valence-electron chi connectivity index (χ2n) is 5.38. The van der Waals surface area contributed by atoms with Crippen molar-refractivity contribution < 1.29 is 4.84 Å². The Bertz CT molecular complexity index is 862. The van der Waals surface area contributed by atoms with Crippen molar-refractivity contribution in [3.8, 4) is 0 Å². The molecule has 4 rings (SSSR count). The van der Waals surface area contributed by atoms with E-state index in [0.717, 1.165) is 23.9 Å². The fraction of sp³-hybridized carbons (Fsp3) is 0.235. The molecule has 1 aliphatic heterocycles. The van der Waals surface area contributed by atoms with Crippen molar-refractivity contribution in [2.45, 2.75) is 18.9 Å². The highest BCUT2D eigenvalue weighted by molar-refractivity contribution is 5.80. The summed E-state index contributed by atoms with van der Waals surface area (Å²) in [4.78, 5) is 18.0. The van der Waals surface area contributed by atoms with Crippen molar-refractivity contribution in [2.24, 2.45) is 0 Å². The summed E-state index contributed by atoms with van der Waals surface area (Å²) in [5, 5.41) is 0. The average molecular weight is 280 g/mol. The largest absolute Gasteiger partial charge is 0.412 e. The van der Waals surface area contributed by atoms with Crippen LogP contribution in [0.1, 0.15) is 23.6 Å². The van der Waals surface area contributed by atoms with Gasteiger partial charge < -0.3 is 4.84 Å². The Kier molecular flexibility index (Phi) is 2.64. The minimum atomic E-state index is -0.103. The van der Waals surface area contributed by atoms with E-state index in [4.69, 9.17) is 4.84 Å². The number of aromatic nitrogens is 2. The van der Waals surface area contributed by atoms with Crippen LogP contribution in [0.4, 0.5) is 0 Å². The molecule has 1 unspecified atom stereocenters. The van der Waals surface area contributed by atoms with Crippen molar-refractivity contribution in [2.75, 3.05) is 7.11 Å². The molecule has 0 radical (unpaired) electrons. The first-order valence-corrected chi connectivity index (χ1v) is 7.15. The van der Waals surface area contributed by atoms with Gasteiger partial charge in [-0.1, -0.05) is 42.5 Å². The molecule has 0 spiro atoms. The van der Waals surface area contributed by atoms with Crippen molar-refractivity contribution in [3.63, 3.8) is 0 Å². The van der Waals surface area contributed by atoms with Gasteiger partial charge in [-0.15, -0.1) is 4.73 Å². The number of imidazole rings is 1. The molecule has 0 aliphatic carbocycles. The van der Waals surface area contributed by atoms with E-state index in [1.807, 2.05) is 34.9 Å². The Morgan fingerprint density at radius 1 is 1.10 bits per heavy atom. The highest BCUT2D eigenvalue weighted by atomic mass is 16.7. The molecule has 21 heavy (non-hydrogen) atoms. The summed E-state index contributed by atoms with van der Waals surface area (Å²) < 4.78 is 3.27. The quantitative estimate of drug-likeness (QED) is 0.722. The van der Waals surface area contributed by atoms with E-state index < -0.39 is 0 Å². The molecular formula is C17H16N2O2. The fourth-order valence-electron chi connectivity index (χ4n) is 3.40. The summed E-state index contributed by atoms with van der Waals surface area (Å²) >= 11 is 0. The SMILES string of the molecule is COn1c(=O)n2c3c(cccc31)CCC2c1ccccc1. The van der Waals surface area contributed by atoms with E-state index in [9.17, 15) is 4.79 Å². The van der Waals surface area contributed by atoms with Gasteiger partial charge in [-0.05, 0) is 30.0 Å². The summed E-state index contributed by atoms with van der Waals surface area (Å²) in [5.41, 5.74) is 4.13. The lowest BCUT2D eigenvalue weighted by Gasteiger charge is -2.24. The highest BCUT2D eigenvalue weighted by Crippen LogP contribution is 2.33. The smallest absolute Gasteiger partial charge is 0.362 e. The zero-order chi connectivity index (χ0) is 14.4. The van der Waals surface area contributed by atoms with E-state index in [1.165, 1.54) is 23.0 Å². The number of rotatable bonds is 2. The van der Waals surface area contributed by atoms with Crippen LogP contribution in [0.3, 0.4) is 0 Å². The molecule has 0 saturated heterocycles. The van der Waals surface area contributed by atoms with E-state index in [1.54, 1.807) is 0 Å². The van der Waals surface area contributed by atoms with Crippen LogP contribution in [0, 0.1) is 0 Å². The van der Waals surface area contributed by atoms with Gasteiger partial charge in [0.05, 0.1) is 11.6 Å². The third-order valence-corrected chi connectivity index (χ3v) is 4.30. The second kappa shape index (κ2) is 4.52. The number of nitrogens with zero attached hydrogens (tertiary/aromatic N) is 2. The normalized spacial score (nSPS) is 17.1. The molecule has 4 nitrogen and oxygen atoms in total. The molecule has 2 heterocycles. The van der Waals surface area contributed by atoms with Crippen LogP contribution in [-0.2, 0) is 6.42 Å². The standard InChI is InChI=1S/C17H16N2O2/c1-21-19-15-9-5-8-13-10-11-14(12-6-3-2-4-7-12)18(16(13)15)17(19)20/h2-9,14H,10-11H2,1H3. The first-order valence-electron chi connectivity index (χ1n) is 7.15. The number of aryl methyl sites for hydroxylation is 1. The van der Waals surface area contributed by atoms with E-state index in [0.29, 0.717) is 0 Å². The first-order chi connectivity index (χ1) is 10.3. The van der Waals surface area contributed by atoms with Crippen LogP contribution in [0.25, 0.3) is 11.0 Å². The Morgan fingerprint density at radius 2 is 1.90 bits per heavy atom. The van der Waals surface area contributed by atoms with Crippen molar-refractivity contribution in [1.29, 1.82) is 0 Å². The van der Waals surface area contributed by atoms with Gasteiger partial charge >= 0.3 is 5.69 Å². The maximum absolute atomic E-state index is 12.7. The maximum Gasteiger partial charge on any atom is 0.362 e. The molecule has 0 bridgehead atoms. The van der Waals surface area contributed by atoms with Gasteiger partial charge in [0.25, 0.3) is 0 Å². The zero-order valence-electron chi connectivity index (χ0n) is 11.8. The van der Waals surface area contributed by atoms with Gasteiger partial charge in [0.15, 0.2) is 0 Å². The third kappa shape index (κ3) is 1.65. The molecule has 4 heteroatoms. The molecule has 0 amide bonds. The van der Waals surface area contributed by atoms with Crippen LogP contribution >= 0.6 is 0 Å². The molecule has 1 atom stereocenters. The summed E-state index contributed by atoms with van der Waals surface area (Å²) in [6.07, 6.45) is 1.91. The van der Waals surface area contributed by atoms with Gasteiger partial charge in [-0.25, -0.2) is 4.79 Å².